The van der Waals surface area contributed by atoms with Gasteiger partial charge in [0.2, 0.25) is 5.91 Å². The van der Waals surface area contributed by atoms with E-state index in [4.69, 9.17) is 16.4 Å². The maximum absolute atomic E-state index is 13.3. The third kappa shape index (κ3) is 7.71. The average Bonchev–Trinajstić information content (AvgIpc) is 3.28. The molecule has 1 aliphatic carbocycles. The summed E-state index contributed by atoms with van der Waals surface area (Å²) in [6.45, 7) is 5.38. The maximum Gasteiger partial charge on any atom is 0.295 e. The molecule has 11 heteroatoms. The molecule has 1 fully saturated rings. The molecule has 3 rings (SSSR count). The van der Waals surface area contributed by atoms with E-state index < -0.39 is 27.3 Å². The molecule has 0 aliphatic heterocycles. The topological polar surface area (TPSA) is 127 Å². The number of amides is 2. The summed E-state index contributed by atoms with van der Waals surface area (Å²) < 4.78 is 23.9. The number of aromatic nitrogens is 2. The molecule has 1 saturated carbocycles. The maximum atomic E-state index is 13.3. The van der Waals surface area contributed by atoms with Crippen LogP contribution in [0.5, 0.6) is 0 Å². The van der Waals surface area contributed by atoms with Gasteiger partial charge in [-0.05, 0) is 50.8 Å². The standard InChI is InChI=1S/C24H31ClN4O5S/c1-24(2,3)34-29-23(31)19-13-27-21(14-26-19)28-22(30)17(11-15-7-5-6-8-15)16-9-10-20(18(25)12-16)35(4,32)33/h9-10,12-15,17H,5-8,11H2,1-4H3,(H,29,31)(H,27,28,30)/t17-/m1/s1. The molecule has 0 spiro atoms. The highest BCUT2D eigenvalue weighted by molar-refractivity contribution is 7.90. The number of rotatable bonds is 8. The van der Waals surface area contributed by atoms with E-state index in [1.165, 1.54) is 18.5 Å². The Kier molecular flexibility index (Phi) is 8.50. The number of benzene rings is 1. The Morgan fingerprint density at radius 2 is 1.86 bits per heavy atom. The molecule has 1 atom stereocenters. The molecular formula is C24H31ClN4O5S. The first-order valence-electron chi connectivity index (χ1n) is 11.4. The number of hydroxylamine groups is 1. The largest absolute Gasteiger partial charge is 0.309 e. The first-order valence-corrected chi connectivity index (χ1v) is 13.7. The molecular weight excluding hydrogens is 492 g/mol. The van der Waals surface area contributed by atoms with Crippen molar-refractivity contribution in [3.63, 3.8) is 0 Å². The number of carbonyl (C=O) groups is 2. The number of carbonyl (C=O) groups excluding carboxylic acids is 2. The lowest BCUT2D eigenvalue weighted by Crippen LogP contribution is -2.34. The highest BCUT2D eigenvalue weighted by atomic mass is 35.5. The van der Waals surface area contributed by atoms with E-state index in [9.17, 15) is 18.0 Å². The Hall–Kier alpha value is -2.56. The van der Waals surface area contributed by atoms with Gasteiger partial charge in [-0.2, -0.15) is 0 Å². The molecule has 1 aliphatic rings. The molecule has 0 bridgehead atoms. The second kappa shape index (κ2) is 11.0. The smallest absolute Gasteiger partial charge is 0.295 e. The molecule has 9 nitrogen and oxygen atoms in total. The lowest BCUT2D eigenvalue weighted by atomic mass is 9.87. The molecule has 1 aromatic heterocycles. The van der Waals surface area contributed by atoms with Crippen LogP contribution in [0, 0.1) is 5.92 Å². The SMILES string of the molecule is CC(C)(C)ONC(=O)c1cnc(NC(=O)[C@H](CC2CCCC2)c2ccc(S(C)(=O)=O)c(Cl)c2)cn1. The second-order valence-corrected chi connectivity index (χ2v) is 12.2. The van der Waals surface area contributed by atoms with Crippen LogP contribution in [0.3, 0.4) is 0 Å². The fourth-order valence-electron chi connectivity index (χ4n) is 3.98. The van der Waals surface area contributed by atoms with Crippen LogP contribution in [0.15, 0.2) is 35.5 Å². The molecule has 0 radical (unpaired) electrons. The minimum Gasteiger partial charge on any atom is -0.309 e. The molecule has 190 valence electrons. The summed E-state index contributed by atoms with van der Waals surface area (Å²) in [5.41, 5.74) is 2.43. The van der Waals surface area contributed by atoms with E-state index in [0.29, 0.717) is 17.9 Å². The van der Waals surface area contributed by atoms with Crippen LogP contribution in [0.2, 0.25) is 5.02 Å². The summed E-state index contributed by atoms with van der Waals surface area (Å²) in [6, 6.07) is 4.62. The highest BCUT2D eigenvalue weighted by Gasteiger charge is 2.28. The number of hydrogen-bond donors (Lipinski definition) is 2. The normalized spacial score (nSPS) is 15.6. The summed E-state index contributed by atoms with van der Waals surface area (Å²) in [5, 5.41) is 2.85. The van der Waals surface area contributed by atoms with Crippen LogP contribution in [0.4, 0.5) is 5.82 Å². The lowest BCUT2D eigenvalue weighted by Gasteiger charge is -2.21. The molecule has 0 unspecified atom stereocenters. The van der Waals surface area contributed by atoms with Crippen molar-refractivity contribution in [1.29, 1.82) is 0 Å². The monoisotopic (exact) mass is 522 g/mol. The van der Waals surface area contributed by atoms with E-state index >= 15 is 0 Å². The predicted molar refractivity (Wildman–Crippen MR) is 133 cm³/mol. The molecule has 2 N–H and O–H groups in total. The van der Waals surface area contributed by atoms with Gasteiger partial charge in [0, 0.05) is 6.26 Å². The third-order valence-electron chi connectivity index (χ3n) is 5.70. The summed E-state index contributed by atoms with van der Waals surface area (Å²) in [4.78, 5) is 38.9. The Balaban J connectivity index is 1.77. The zero-order valence-electron chi connectivity index (χ0n) is 20.3. The van der Waals surface area contributed by atoms with Gasteiger partial charge in [-0.25, -0.2) is 23.9 Å². The quantitative estimate of drug-likeness (QED) is 0.495. The van der Waals surface area contributed by atoms with Gasteiger partial charge < -0.3 is 5.32 Å². The molecule has 2 aromatic rings. The van der Waals surface area contributed by atoms with Gasteiger partial charge >= 0.3 is 0 Å². The van der Waals surface area contributed by atoms with Crippen molar-refractivity contribution in [2.24, 2.45) is 5.92 Å². The lowest BCUT2D eigenvalue weighted by molar-refractivity contribution is -0.118. The minimum absolute atomic E-state index is 0.0260. The van der Waals surface area contributed by atoms with Crippen molar-refractivity contribution in [3.05, 3.63) is 46.9 Å². The number of sulfone groups is 1. The van der Waals surface area contributed by atoms with Crippen LogP contribution in [0.1, 0.15) is 74.8 Å². The second-order valence-electron chi connectivity index (χ2n) is 9.82. The number of nitrogens with one attached hydrogen (secondary N) is 2. The number of halogens is 1. The Labute approximate surface area is 210 Å². The average molecular weight is 523 g/mol. The van der Waals surface area contributed by atoms with Crippen molar-refractivity contribution >= 4 is 39.1 Å². The van der Waals surface area contributed by atoms with Gasteiger partial charge in [-0.1, -0.05) is 43.4 Å². The Bertz CT molecular complexity index is 1170. The van der Waals surface area contributed by atoms with Crippen LogP contribution in [-0.4, -0.2) is 42.1 Å². The summed E-state index contributed by atoms with van der Waals surface area (Å²) in [5.74, 6) is -0.820. The van der Waals surface area contributed by atoms with Gasteiger partial charge in [-0.15, -0.1) is 0 Å². The van der Waals surface area contributed by atoms with Crippen molar-refractivity contribution < 1.29 is 22.8 Å². The van der Waals surface area contributed by atoms with Crippen LogP contribution < -0.4 is 10.8 Å². The van der Waals surface area contributed by atoms with Gasteiger partial charge in [0.15, 0.2) is 15.7 Å². The Morgan fingerprint density at radius 1 is 1.17 bits per heavy atom. The van der Waals surface area contributed by atoms with E-state index in [1.54, 1.807) is 32.9 Å². The van der Waals surface area contributed by atoms with E-state index in [0.717, 1.165) is 31.9 Å². The molecule has 35 heavy (non-hydrogen) atoms. The van der Waals surface area contributed by atoms with Gasteiger partial charge in [0.25, 0.3) is 5.91 Å². The van der Waals surface area contributed by atoms with Crippen LogP contribution in [0.25, 0.3) is 0 Å². The molecule has 0 saturated heterocycles. The zero-order chi connectivity index (χ0) is 25.8. The minimum atomic E-state index is -3.48. The van der Waals surface area contributed by atoms with Gasteiger partial charge in [0.05, 0.1) is 33.8 Å². The van der Waals surface area contributed by atoms with Crippen molar-refractivity contribution in [2.75, 3.05) is 11.6 Å². The first-order chi connectivity index (χ1) is 16.3. The molecule has 1 heterocycles. The van der Waals surface area contributed by atoms with E-state index in [1.807, 2.05) is 0 Å². The molecule has 1 aromatic carbocycles. The van der Waals surface area contributed by atoms with Gasteiger partial charge in [-0.3, -0.25) is 14.4 Å². The van der Waals surface area contributed by atoms with Crippen molar-refractivity contribution in [3.8, 4) is 0 Å². The molecule has 2 amide bonds. The van der Waals surface area contributed by atoms with Gasteiger partial charge in [0.1, 0.15) is 5.69 Å². The number of hydrogen-bond acceptors (Lipinski definition) is 7. The predicted octanol–water partition coefficient (Wildman–Crippen LogP) is 4.30. The highest BCUT2D eigenvalue weighted by Crippen LogP contribution is 2.36. The third-order valence-corrected chi connectivity index (χ3v) is 7.28. The fraction of sp³-hybridized carbons (Fsp3) is 0.500. The van der Waals surface area contributed by atoms with Crippen LogP contribution >= 0.6 is 11.6 Å². The van der Waals surface area contributed by atoms with E-state index in [-0.39, 0.29) is 27.3 Å². The Morgan fingerprint density at radius 3 is 2.40 bits per heavy atom. The van der Waals surface area contributed by atoms with Crippen LogP contribution in [-0.2, 0) is 19.5 Å². The first kappa shape index (κ1) is 27.0. The summed E-state index contributed by atoms with van der Waals surface area (Å²) in [6.07, 6.45) is 8.59. The van der Waals surface area contributed by atoms with Crippen molar-refractivity contribution in [2.45, 2.75) is 69.3 Å². The fourth-order valence-corrected chi connectivity index (χ4v) is 5.32. The zero-order valence-corrected chi connectivity index (χ0v) is 21.9. The summed E-state index contributed by atoms with van der Waals surface area (Å²) in [7, 11) is -3.48. The summed E-state index contributed by atoms with van der Waals surface area (Å²) >= 11 is 6.26. The number of anilines is 1. The number of nitrogens with zero attached hydrogens (tertiary/aromatic N) is 2. The van der Waals surface area contributed by atoms with Crippen molar-refractivity contribution in [1.82, 2.24) is 15.4 Å². The van der Waals surface area contributed by atoms with E-state index in [2.05, 4.69) is 20.8 Å².